The van der Waals surface area contributed by atoms with E-state index in [1.165, 1.54) is 17.0 Å². The van der Waals surface area contributed by atoms with Crippen molar-refractivity contribution in [2.24, 2.45) is 11.3 Å². The average molecular weight is 533 g/mol. The maximum Gasteiger partial charge on any atom is 0.326 e. The number of aliphatic carboxylic acids is 1. The van der Waals surface area contributed by atoms with Gasteiger partial charge in [-0.3, -0.25) is 14.4 Å². The number of phenolic OH excluding ortho intramolecular Hbond substituents is 1. The van der Waals surface area contributed by atoms with Crippen molar-refractivity contribution in [2.75, 3.05) is 13.1 Å². The number of aromatic hydroxyl groups is 1. The Morgan fingerprint density at radius 1 is 1.16 bits per heavy atom. The highest BCUT2D eigenvalue weighted by Crippen LogP contribution is 2.22. The topological polar surface area (TPSA) is 148 Å². The first-order valence-corrected chi connectivity index (χ1v) is 13.4. The Hall–Kier alpha value is -3.14. The lowest BCUT2D eigenvalue weighted by Crippen LogP contribution is -2.59. The van der Waals surface area contributed by atoms with Crippen LogP contribution < -0.4 is 16.0 Å². The summed E-state index contributed by atoms with van der Waals surface area (Å²) in [6.45, 7) is 11.0. The smallest absolute Gasteiger partial charge is 0.326 e. The minimum Gasteiger partial charge on any atom is -0.508 e. The largest absolute Gasteiger partial charge is 0.508 e. The van der Waals surface area contributed by atoms with E-state index in [1.807, 2.05) is 34.6 Å². The number of benzene rings is 1. The number of rotatable bonds is 14. The van der Waals surface area contributed by atoms with Crippen molar-refractivity contribution in [3.63, 3.8) is 0 Å². The van der Waals surface area contributed by atoms with Gasteiger partial charge in [0.1, 0.15) is 23.9 Å². The van der Waals surface area contributed by atoms with Crippen LogP contribution in [0.1, 0.15) is 65.9 Å². The second-order valence-electron chi connectivity index (χ2n) is 11.5. The number of nitrogens with one attached hydrogen (secondary N) is 3. The number of carboxylic acids is 1. The van der Waals surface area contributed by atoms with Crippen molar-refractivity contribution in [3.8, 4) is 5.75 Å². The van der Waals surface area contributed by atoms with Crippen molar-refractivity contribution < 1.29 is 29.4 Å². The van der Waals surface area contributed by atoms with Gasteiger partial charge in [0.2, 0.25) is 18.2 Å². The highest BCUT2D eigenvalue weighted by molar-refractivity contribution is 5.92. The van der Waals surface area contributed by atoms with Crippen molar-refractivity contribution in [1.82, 2.24) is 20.9 Å². The van der Waals surface area contributed by atoms with Crippen LogP contribution in [-0.2, 0) is 25.6 Å². The van der Waals surface area contributed by atoms with Crippen molar-refractivity contribution >= 4 is 24.2 Å². The standard InChI is InChI=1S/C28H44N4O6/c1-6-18(2)24(26(36)30-22(27(37)38)11-13-28(3,4)5)31-25(35)23(15-19-7-9-21(34)10-8-19)32(17-33)20-12-14-29-16-20/h7-10,17-18,20,22-24,29,34H,6,11-16H2,1-5H3,(H,30,36)(H,31,35)(H,37,38)/t18-,20-,22-,23-,24-/m0/s1. The molecule has 1 heterocycles. The number of amides is 3. The molecule has 5 N–H and O–H groups in total. The molecule has 1 fully saturated rings. The number of carbonyl (C=O) groups excluding carboxylic acids is 3. The van der Waals surface area contributed by atoms with E-state index in [4.69, 9.17) is 0 Å². The molecule has 38 heavy (non-hydrogen) atoms. The molecular formula is C28H44N4O6. The van der Waals surface area contributed by atoms with Gasteiger partial charge in [-0.05, 0) is 54.8 Å². The Morgan fingerprint density at radius 3 is 2.32 bits per heavy atom. The third-order valence-corrected chi connectivity index (χ3v) is 7.20. The highest BCUT2D eigenvalue weighted by atomic mass is 16.4. The van der Waals surface area contributed by atoms with Gasteiger partial charge in [-0.2, -0.15) is 0 Å². The molecular weight excluding hydrogens is 488 g/mol. The fraction of sp³-hybridized carbons (Fsp3) is 0.643. The first kappa shape index (κ1) is 31.1. The normalized spacial score (nSPS) is 18.6. The van der Waals surface area contributed by atoms with Crippen LogP contribution in [0.5, 0.6) is 5.75 Å². The molecule has 1 aromatic carbocycles. The zero-order chi connectivity index (χ0) is 28.5. The molecule has 0 radical (unpaired) electrons. The van der Waals surface area contributed by atoms with E-state index in [9.17, 15) is 29.4 Å². The maximum absolute atomic E-state index is 13.7. The van der Waals surface area contributed by atoms with Gasteiger partial charge in [0.15, 0.2) is 0 Å². The van der Waals surface area contributed by atoms with Crippen molar-refractivity contribution in [3.05, 3.63) is 29.8 Å². The predicted octanol–water partition coefficient (Wildman–Crippen LogP) is 2.05. The Bertz CT molecular complexity index is 940. The maximum atomic E-state index is 13.7. The molecule has 0 aliphatic carbocycles. The number of hydrogen-bond donors (Lipinski definition) is 5. The van der Waals surface area contributed by atoms with E-state index >= 15 is 0 Å². The van der Waals surface area contributed by atoms with E-state index < -0.39 is 35.9 Å². The van der Waals surface area contributed by atoms with Gasteiger partial charge in [-0.1, -0.05) is 53.2 Å². The SMILES string of the molecule is CC[C@H](C)[C@H](NC(=O)[C@H](Cc1ccc(O)cc1)N(C=O)[C@H]1CCNC1)C(=O)N[C@@H](CCC(C)(C)C)C(=O)O. The summed E-state index contributed by atoms with van der Waals surface area (Å²) in [5.74, 6) is -2.35. The van der Waals surface area contributed by atoms with Crippen LogP contribution in [0.15, 0.2) is 24.3 Å². The van der Waals surface area contributed by atoms with E-state index in [1.54, 1.807) is 12.1 Å². The van der Waals surface area contributed by atoms with E-state index in [-0.39, 0.29) is 36.0 Å². The van der Waals surface area contributed by atoms with Gasteiger partial charge in [-0.15, -0.1) is 0 Å². The van der Waals surface area contributed by atoms with Crippen LogP contribution in [0.25, 0.3) is 0 Å². The third-order valence-electron chi connectivity index (χ3n) is 7.20. The second kappa shape index (κ2) is 14.1. The summed E-state index contributed by atoms with van der Waals surface area (Å²) in [6.07, 6.45) is 3.01. The number of phenols is 1. The Labute approximate surface area is 225 Å². The monoisotopic (exact) mass is 532 g/mol. The van der Waals surface area contributed by atoms with Gasteiger partial charge < -0.3 is 31.1 Å². The zero-order valence-electron chi connectivity index (χ0n) is 23.2. The van der Waals surface area contributed by atoms with E-state index in [0.717, 1.165) is 12.1 Å². The summed E-state index contributed by atoms with van der Waals surface area (Å²) < 4.78 is 0. The summed E-state index contributed by atoms with van der Waals surface area (Å²) in [5.41, 5.74) is 0.649. The van der Waals surface area contributed by atoms with Crippen LogP contribution in [0.2, 0.25) is 0 Å². The molecule has 212 valence electrons. The molecule has 0 bridgehead atoms. The Kier molecular flexibility index (Phi) is 11.6. The average Bonchev–Trinajstić information content (AvgIpc) is 3.39. The first-order chi connectivity index (χ1) is 17.9. The van der Waals surface area contributed by atoms with Crippen LogP contribution in [0.4, 0.5) is 0 Å². The Balaban J connectivity index is 2.28. The van der Waals surface area contributed by atoms with Crippen LogP contribution in [-0.4, -0.2) is 76.6 Å². The lowest BCUT2D eigenvalue weighted by atomic mass is 9.88. The molecule has 0 spiro atoms. The van der Waals surface area contributed by atoms with E-state index in [0.29, 0.717) is 32.2 Å². The fourth-order valence-corrected chi connectivity index (χ4v) is 4.54. The number of hydrogen-bond acceptors (Lipinski definition) is 6. The molecule has 3 amide bonds. The quantitative estimate of drug-likeness (QED) is 0.230. The summed E-state index contributed by atoms with van der Waals surface area (Å²) >= 11 is 0. The van der Waals surface area contributed by atoms with E-state index in [2.05, 4.69) is 16.0 Å². The Morgan fingerprint density at radius 2 is 1.82 bits per heavy atom. The minimum atomic E-state index is -1.12. The summed E-state index contributed by atoms with van der Waals surface area (Å²) in [7, 11) is 0. The highest BCUT2D eigenvalue weighted by Gasteiger charge is 2.36. The number of carboxylic acid groups (broad SMARTS) is 1. The zero-order valence-corrected chi connectivity index (χ0v) is 23.2. The number of carbonyl (C=O) groups is 4. The number of nitrogens with zero attached hydrogens (tertiary/aromatic N) is 1. The molecule has 10 nitrogen and oxygen atoms in total. The molecule has 1 aliphatic heterocycles. The van der Waals surface area contributed by atoms with Crippen molar-refractivity contribution in [2.45, 2.75) is 90.9 Å². The summed E-state index contributed by atoms with van der Waals surface area (Å²) in [4.78, 5) is 52.6. The molecule has 0 saturated carbocycles. The second-order valence-corrected chi connectivity index (χ2v) is 11.5. The first-order valence-electron chi connectivity index (χ1n) is 13.4. The van der Waals surface area contributed by atoms with Gasteiger partial charge in [-0.25, -0.2) is 4.79 Å². The molecule has 1 aliphatic rings. The molecule has 10 heteroatoms. The van der Waals surface area contributed by atoms with Gasteiger partial charge in [0.05, 0.1) is 0 Å². The predicted molar refractivity (Wildman–Crippen MR) is 144 cm³/mol. The van der Waals surface area contributed by atoms with Gasteiger partial charge in [0, 0.05) is 19.0 Å². The molecule has 5 atom stereocenters. The van der Waals surface area contributed by atoms with Crippen LogP contribution >= 0.6 is 0 Å². The third kappa shape index (κ3) is 9.31. The lowest BCUT2D eigenvalue weighted by Gasteiger charge is -2.34. The summed E-state index contributed by atoms with van der Waals surface area (Å²) in [6, 6.07) is 3.31. The minimum absolute atomic E-state index is 0.0925. The molecule has 0 aromatic heterocycles. The van der Waals surface area contributed by atoms with Gasteiger partial charge in [0.25, 0.3) is 0 Å². The van der Waals surface area contributed by atoms with Gasteiger partial charge >= 0.3 is 5.97 Å². The lowest BCUT2D eigenvalue weighted by molar-refractivity contribution is -0.143. The molecule has 1 saturated heterocycles. The fourth-order valence-electron chi connectivity index (χ4n) is 4.54. The van der Waals surface area contributed by atoms with Crippen LogP contribution in [0, 0.1) is 11.3 Å². The summed E-state index contributed by atoms with van der Waals surface area (Å²) in [5, 5.41) is 28.0. The molecule has 2 rings (SSSR count). The van der Waals surface area contributed by atoms with Crippen molar-refractivity contribution in [1.29, 1.82) is 0 Å². The molecule has 0 unspecified atom stereocenters. The van der Waals surface area contributed by atoms with Crippen LogP contribution in [0.3, 0.4) is 0 Å². The molecule has 1 aromatic rings.